The lowest BCUT2D eigenvalue weighted by molar-refractivity contribution is 0.608. The van der Waals surface area contributed by atoms with Crippen LogP contribution in [0.5, 0.6) is 0 Å². The second kappa shape index (κ2) is 4.91. The van der Waals surface area contributed by atoms with E-state index in [-0.39, 0.29) is 0 Å². The van der Waals surface area contributed by atoms with Crippen LogP contribution >= 0.6 is 0 Å². The van der Waals surface area contributed by atoms with Crippen LogP contribution in [-0.2, 0) is 15.9 Å². The van der Waals surface area contributed by atoms with Crippen LogP contribution in [0, 0.1) is 5.92 Å². The first-order valence-corrected chi connectivity index (χ1v) is 3.51. The quantitative estimate of drug-likeness (QED) is 0.535. The Kier molecular flexibility index (Phi) is 4.76. The average Bonchev–Trinajstić information content (AvgIpc) is 1.66. The first kappa shape index (κ1) is 7.76. The van der Waals surface area contributed by atoms with E-state index in [1.165, 1.54) is 0 Å². The molecule has 0 radical (unpaired) electrons. The van der Waals surface area contributed by atoms with Gasteiger partial charge in [-0.2, -0.15) is 0 Å². The summed E-state index contributed by atoms with van der Waals surface area (Å²) in [6.45, 7) is 4.25. The van der Waals surface area contributed by atoms with Gasteiger partial charge < -0.3 is 0 Å². The highest BCUT2D eigenvalue weighted by molar-refractivity contribution is 7.68. The molecule has 0 unspecified atom stereocenters. The van der Waals surface area contributed by atoms with Gasteiger partial charge in [0.1, 0.15) is 0 Å². The molecular formula is C6H11OS+. The van der Waals surface area contributed by atoms with Gasteiger partial charge in [-0.15, -0.1) is 0 Å². The maximum Gasteiger partial charge on any atom is 0.496 e. The van der Waals surface area contributed by atoms with Crippen LogP contribution in [0.25, 0.3) is 0 Å². The van der Waals surface area contributed by atoms with E-state index < -0.39 is 0 Å². The molecule has 0 saturated carbocycles. The molecule has 0 bridgehead atoms. The summed E-state index contributed by atoms with van der Waals surface area (Å²) >= 11 is 0.513. The van der Waals surface area contributed by atoms with Gasteiger partial charge in [-0.25, -0.2) is 0 Å². The predicted molar refractivity (Wildman–Crippen MR) is 36.6 cm³/mol. The molecule has 0 atom stereocenters. The topological polar surface area (TPSA) is 17.1 Å². The van der Waals surface area contributed by atoms with Gasteiger partial charge in [0.25, 0.3) is 0 Å². The summed E-state index contributed by atoms with van der Waals surface area (Å²) in [5.74, 6) is 0.665. The summed E-state index contributed by atoms with van der Waals surface area (Å²) in [6, 6.07) is 0. The van der Waals surface area contributed by atoms with Crippen LogP contribution in [-0.4, -0.2) is 0 Å². The van der Waals surface area contributed by atoms with E-state index in [4.69, 9.17) is 0 Å². The van der Waals surface area contributed by atoms with Gasteiger partial charge in [0, 0.05) is 4.21 Å². The fourth-order valence-electron chi connectivity index (χ4n) is 0.367. The van der Waals surface area contributed by atoms with Gasteiger partial charge >= 0.3 is 11.7 Å². The largest absolute Gasteiger partial charge is 0.496 e. The molecule has 0 aliphatic heterocycles. The molecular weight excluding hydrogens is 120 g/mol. The second-order valence-electron chi connectivity index (χ2n) is 2.10. The fraction of sp³-hybridized carbons (Fsp3) is 0.667. The Balaban J connectivity index is 3.15. The van der Waals surface area contributed by atoms with Crippen molar-refractivity contribution in [2.75, 3.05) is 0 Å². The molecule has 0 aromatic carbocycles. The molecule has 0 spiro atoms. The van der Waals surface area contributed by atoms with E-state index in [2.05, 4.69) is 13.8 Å². The summed E-state index contributed by atoms with van der Waals surface area (Å²) in [4.78, 5) is 0. The molecule has 0 saturated heterocycles. The molecule has 0 amide bonds. The van der Waals surface area contributed by atoms with Crippen LogP contribution in [0.1, 0.15) is 20.3 Å². The van der Waals surface area contributed by atoms with Gasteiger partial charge in [-0.1, -0.05) is 13.8 Å². The Labute approximate surface area is 54.3 Å². The third-order valence-electron chi connectivity index (χ3n) is 0.759. The molecule has 0 N–H and O–H groups in total. The average molecular weight is 131 g/mol. The van der Waals surface area contributed by atoms with E-state index in [1.807, 2.05) is 6.08 Å². The van der Waals surface area contributed by atoms with Crippen molar-refractivity contribution in [1.82, 2.24) is 0 Å². The Bertz CT molecular complexity index is 86.5. The summed E-state index contributed by atoms with van der Waals surface area (Å²) < 4.78 is 9.74. The van der Waals surface area contributed by atoms with Crippen molar-refractivity contribution in [3.8, 4) is 0 Å². The maximum absolute atomic E-state index is 9.74. The van der Waals surface area contributed by atoms with Gasteiger partial charge in [-0.05, 0) is 18.4 Å². The zero-order chi connectivity index (χ0) is 6.41. The highest BCUT2D eigenvalue weighted by atomic mass is 32.1. The lowest BCUT2D eigenvalue weighted by Crippen LogP contribution is -1.80. The summed E-state index contributed by atoms with van der Waals surface area (Å²) in [5.41, 5.74) is 0. The second-order valence-corrected chi connectivity index (χ2v) is 2.56. The summed E-state index contributed by atoms with van der Waals surface area (Å²) in [5, 5.41) is 1.58. The van der Waals surface area contributed by atoms with Crippen molar-refractivity contribution in [3.63, 3.8) is 0 Å². The van der Waals surface area contributed by atoms with Crippen LogP contribution in [0.3, 0.4) is 0 Å². The van der Waals surface area contributed by atoms with E-state index in [0.717, 1.165) is 6.42 Å². The van der Waals surface area contributed by atoms with Crippen LogP contribution in [0.15, 0.2) is 11.5 Å². The zero-order valence-corrected chi connectivity index (χ0v) is 6.07. The van der Waals surface area contributed by atoms with Crippen molar-refractivity contribution >= 4 is 11.7 Å². The van der Waals surface area contributed by atoms with Crippen molar-refractivity contribution in [2.24, 2.45) is 5.92 Å². The van der Waals surface area contributed by atoms with Crippen molar-refractivity contribution in [2.45, 2.75) is 20.3 Å². The highest BCUT2D eigenvalue weighted by Gasteiger charge is 1.89. The first-order valence-electron chi connectivity index (χ1n) is 2.71. The normalized spacial score (nSPS) is 10.9. The van der Waals surface area contributed by atoms with E-state index in [1.54, 1.807) is 5.41 Å². The SMILES string of the molecule is CC(C)CC=C[S+]=O. The number of hydrogen-bond acceptors (Lipinski definition) is 1. The molecule has 0 heterocycles. The van der Waals surface area contributed by atoms with Gasteiger partial charge in [0.2, 0.25) is 5.41 Å². The fourth-order valence-corrected chi connectivity index (χ4v) is 0.557. The van der Waals surface area contributed by atoms with Crippen LogP contribution < -0.4 is 0 Å². The highest BCUT2D eigenvalue weighted by Crippen LogP contribution is 1.98. The molecule has 1 nitrogen and oxygen atoms in total. The minimum Gasteiger partial charge on any atom is -0.0625 e. The number of hydrogen-bond donors (Lipinski definition) is 0. The third kappa shape index (κ3) is 5.76. The van der Waals surface area contributed by atoms with Gasteiger partial charge in [0.15, 0.2) is 0 Å². The van der Waals surface area contributed by atoms with E-state index in [9.17, 15) is 4.21 Å². The van der Waals surface area contributed by atoms with Crippen LogP contribution in [0.4, 0.5) is 0 Å². The van der Waals surface area contributed by atoms with Crippen molar-refractivity contribution < 1.29 is 4.21 Å². The molecule has 2 heteroatoms. The minimum atomic E-state index is 0.513. The van der Waals surface area contributed by atoms with E-state index in [0.29, 0.717) is 17.6 Å². The van der Waals surface area contributed by atoms with E-state index >= 15 is 0 Å². The van der Waals surface area contributed by atoms with Crippen molar-refractivity contribution in [3.05, 3.63) is 11.5 Å². The van der Waals surface area contributed by atoms with Gasteiger partial charge in [0.05, 0.1) is 0 Å². The molecule has 46 valence electrons. The molecule has 0 aromatic rings. The summed E-state index contributed by atoms with van der Waals surface area (Å²) in [7, 11) is 0. The van der Waals surface area contributed by atoms with Gasteiger partial charge in [-0.3, -0.25) is 0 Å². The lowest BCUT2D eigenvalue weighted by atomic mass is 10.1. The molecule has 0 aliphatic rings. The lowest BCUT2D eigenvalue weighted by Gasteiger charge is -1.91. The smallest absolute Gasteiger partial charge is 0.0625 e. The Morgan fingerprint density at radius 2 is 2.25 bits per heavy atom. The molecule has 0 aromatic heterocycles. The Morgan fingerprint density at radius 1 is 1.62 bits per heavy atom. The zero-order valence-electron chi connectivity index (χ0n) is 5.26. The summed E-state index contributed by atoms with van der Waals surface area (Å²) in [6.07, 6.45) is 2.91. The standard InChI is InChI=1S/C6H11OS/c1-6(2)4-3-5-8-7/h3,5-6H,4H2,1-2H3/q+1. The minimum absolute atomic E-state index is 0.513. The monoisotopic (exact) mass is 131 g/mol. The predicted octanol–water partition coefficient (Wildman–Crippen LogP) is 1.97. The molecule has 0 fully saturated rings. The molecule has 8 heavy (non-hydrogen) atoms. The number of allylic oxidation sites excluding steroid dienone is 1. The maximum atomic E-state index is 9.74. The molecule has 0 aliphatic carbocycles. The van der Waals surface area contributed by atoms with Crippen molar-refractivity contribution in [1.29, 1.82) is 0 Å². The Hall–Kier alpha value is -0.240. The van der Waals surface area contributed by atoms with Crippen LogP contribution in [0.2, 0.25) is 0 Å². The molecule has 0 rings (SSSR count). The Morgan fingerprint density at radius 3 is 2.62 bits per heavy atom. The number of rotatable bonds is 3. The third-order valence-corrected chi connectivity index (χ3v) is 1.06. The first-order chi connectivity index (χ1) is 3.77.